The van der Waals surface area contributed by atoms with Crippen LogP contribution in [0, 0.1) is 0 Å². The zero-order valence-corrected chi connectivity index (χ0v) is 12.6. The molecular formula is C18H23NO2. The van der Waals surface area contributed by atoms with Crippen LogP contribution in [-0.2, 0) is 11.3 Å². The van der Waals surface area contributed by atoms with Gasteiger partial charge < -0.3 is 14.8 Å². The van der Waals surface area contributed by atoms with Crippen molar-refractivity contribution < 1.29 is 9.47 Å². The second kappa shape index (κ2) is 6.92. The van der Waals surface area contributed by atoms with E-state index in [1.807, 2.05) is 0 Å². The zero-order chi connectivity index (χ0) is 14.5. The maximum atomic E-state index is 5.98. The SMILES string of the molecule is COCCCOc1cc(CNC2CC2)cc2ccccc12. The van der Waals surface area contributed by atoms with Gasteiger partial charge in [0.15, 0.2) is 0 Å². The highest BCUT2D eigenvalue weighted by Crippen LogP contribution is 2.28. The first-order valence-corrected chi connectivity index (χ1v) is 7.73. The molecule has 1 aliphatic carbocycles. The van der Waals surface area contributed by atoms with Gasteiger partial charge in [-0.25, -0.2) is 0 Å². The highest BCUT2D eigenvalue weighted by Gasteiger charge is 2.20. The van der Waals surface area contributed by atoms with Crippen molar-refractivity contribution in [2.75, 3.05) is 20.3 Å². The Morgan fingerprint density at radius 3 is 2.81 bits per heavy atom. The van der Waals surface area contributed by atoms with Gasteiger partial charge in [-0.3, -0.25) is 0 Å². The molecule has 0 bridgehead atoms. The van der Waals surface area contributed by atoms with Crippen LogP contribution < -0.4 is 10.1 Å². The molecule has 3 rings (SSSR count). The number of fused-ring (bicyclic) bond motifs is 1. The lowest BCUT2D eigenvalue weighted by Crippen LogP contribution is -2.15. The number of hydrogen-bond donors (Lipinski definition) is 1. The molecule has 2 aromatic carbocycles. The van der Waals surface area contributed by atoms with E-state index in [1.165, 1.54) is 29.2 Å². The predicted octanol–water partition coefficient (Wildman–Crippen LogP) is 3.51. The third-order valence-corrected chi connectivity index (χ3v) is 3.81. The van der Waals surface area contributed by atoms with Crippen LogP contribution in [0.15, 0.2) is 36.4 Å². The monoisotopic (exact) mass is 285 g/mol. The molecule has 0 heterocycles. The Morgan fingerprint density at radius 2 is 2.00 bits per heavy atom. The molecule has 1 aliphatic rings. The smallest absolute Gasteiger partial charge is 0.127 e. The van der Waals surface area contributed by atoms with Crippen LogP contribution >= 0.6 is 0 Å². The van der Waals surface area contributed by atoms with E-state index in [0.29, 0.717) is 6.61 Å². The molecule has 21 heavy (non-hydrogen) atoms. The third-order valence-electron chi connectivity index (χ3n) is 3.81. The number of benzene rings is 2. The molecule has 0 radical (unpaired) electrons. The second-order valence-corrected chi connectivity index (χ2v) is 5.67. The van der Waals surface area contributed by atoms with Gasteiger partial charge in [0.25, 0.3) is 0 Å². The van der Waals surface area contributed by atoms with Crippen LogP contribution in [0.25, 0.3) is 10.8 Å². The van der Waals surface area contributed by atoms with Gasteiger partial charge in [0.05, 0.1) is 6.61 Å². The van der Waals surface area contributed by atoms with Gasteiger partial charge in [-0.15, -0.1) is 0 Å². The van der Waals surface area contributed by atoms with Crippen LogP contribution in [0.3, 0.4) is 0 Å². The molecule has 3 nitrogen and oxygen atoms in total. The van der Waals surface area contributed by atoms with Gasteiger partial charge in [-0.1, -0.05) is 24.3 Å². The lowest BCUT2D eigenvalue weighted by Gasteiger charge is -2.12. The highest BCUT2D eigenvalue weighted by atomic mass is 16.5. The Labute approximate surface area is 126 Å². The summed E-state index contributed by atoms with van der Waals surface area (Å²) in [6.45, 7) is 2.35. The summed E-state index contributed by atoms with van der Waals surface area (Å²) in [6.07, 6.45) is 3.54. The van der Waals surface area contributed by atoms with Crippen molar-refractivity contribution in [3.63, 3.8) is 0 Å². The van der Waals surface area contributed by atoms with Gasteiger partial charge in [0, 0.05) is 38.1 Å². The van der Waals surface area contributed by atoms with Gasteiger partial charge in [0.2, 0.25) is 0 Å². The van der Waals surface area contributed by atoms with Gasteiger partial charge in [-0.2, -0.15) is 0 Å². The summed E-state index contributed by atoms with van der Waals surface area (Å²) >= 11 is 0. The molecule has 112 valence electrons. The standard InChI is InChI=1S/C18H23NO2/c1-20-9-4-10-21-18-12-14(13-19-16-7-8-16)11-15-5-2-3-6-17(15)18/h2-3,5-6,11-12,16,19H,4,7-10,13H2,1H3. The summed E-state index contributed by atoms with van der Waals surface area (Å²) in [6, 6.07) is 13.6. The molecule has 0 spiro atoms. The Balaban J connectivity index is 1.76. The maximum Gasteiger partial charge on any atom is 0.127 e. The molecule has 2 aromatic rings. The van der Waals surface area contributed by atoms with Crippen molar-refractivity contribution >= 4 is 10.8 Å². The second-order valence-electron chi connectivity index (χ2n) is 5.67. The minimum absolute atomic E-state index is 0.692. The van der Waals surface area contributed by atoms with Gasteiger partial charge >= 0.3 is 0 Å². The fraction of sp³-hybridized carbons (Fsp3) is 0.444. The lowest BCUT2D eigenvalue weighted by molar-refractivity contribution is 0.172. The molecule has 0 amide bonds. The van der Waals surface area contributed by atoms with Crippen LogP contribution in [0.1, 0.15) is 24.8 Å². The quantitative estimate of drug-likeness (QED) is 0.753. The summed E-state index contributed by atoms with van der Waals surface area (Å²) in [7, 11) is 1.72. The van der Waals surface area contributed by atoms with Crippen molar-refractivity contribution in [1.82, 2.24) is 5.32 Å². The topological polar surface area (TPSA) is 30.5 Å². The van der Waals surface area contributed by atoms with E-state index >= 15 is 0 Å². The number of ether oxygens (including phenoxy) is 2. The molecule has 0 atom stereocenters. The summed E-state index contributed by atoms with van der Waals surface area (Å²) in [4.78, 5) is 0. The number of hydrogen-bond acceptors (Lipinski definition) is 3. The van der Waals surface area contributed by atoms with E-state index in [-0.39, 0.29) is 0 Å². The van der Waals surface area contributed by atoms with Crippen molar-refractivity contribution in [2.45, 2.75) is 31.8 Å². The summed E-state index contributed by atoms with van der Waals surface area (Å²) in [5.41, 5.74) is 1.29. The van der Waals surface area contributed by atoms with Gasteiger partial charge in [-0.05, 0) is 35.9 Å². The van der Waals surface area contributed by atoms with Crippen LogP contribution in [0.5, 0.6) is 5.75 Å². The highest BCUT2D eigenvalue weighted by molar-refractivity contribution is 5.89. The minimum atomic E-state index is 0.692. The van der Waals surface area contributed by atoms with Crippen LogP contribution in [-0.4, -0.2) is 26.4 Å². The van der Waals surface area contributed by atoms with Crippen LogP contribution in [0.4, 0.5) is 0 Å². The van der Waals surface area contributed by atoms with Crippen molar-refractivity contribution in [3.8, 4) is 5.75 Å². The Hall–Kier alpha value is -1.58. The van der Waals surface area contributed by atoms with Crippen molar-refractivity contribution in [1.29, 1.82) is 0 Å². The maximum absolute atomic E-state index is 5.98. The fourth-order valence-corrected chi connectivity index (χ4v) is 2.49. The van der Waals surface area contributed by atoms with E-state index in [0.717, 1.165) is 31.4 Å². The predicted molar refractivity (Wildman–Crippen MR) is 85.8 cm³/mol. The zero-order valence-electron chi connectivity index (χ0n) is 12.6. The van der Waals surface area contributed by atoms with Crippen molar-refractivity contribution in [3.05, 3.63) is 42.0 Å². The molecular weight excluding hydrogens is 262 g/mol. The number of nitrogens with one attached hydrogen (secondary N) is 1. The van der Waals surface area contributed by atoms with E-state index in [1.54, 1.807) is 7.11 Å². The Bertz CT molecular complexity index is 593. The molecule has 0 aliphatic heterocycles. The molecule has 0 saturated heterocycles. The average Bonchev–Trinajstić information content (AvgIpc) is 3.34. The first-order chi connectivity index (χ1) is 10.4. The summed E-state index contributed by atoms with van der Waals surface area (Å²) in [5.74, 6) is 0.983. The summed E-state index contributed by atoms with van der Waals surface area (Å²) < 4.78 is 11.0. The molecule has 1 N–H and O–H groups in total. The first kappa shape index (κ1) is 14.4. The first-order valence-electron chi connectivity index (χ1n) is 7.73. The van der Waals surface area contributed by atoms with E-state index in [9.17, 15) is 0 Å². The number of methoxy groups -OCH3 is 1. The Kier molecular flexibility index (Phi) is 4.73. The minimum Gasteiger partial charge on any atom is -0.493 e. The van der Waals surface area contributed by atoms with E-state index in [4.69, 9.17) is 9.47 Å². The van der Waals surface area contributed by atoms with E-state index < -0.39 is 0 Å². The largest absolute Gasteiger partial charge is 0.493 e. The van der Waals surface area contributed by atoms with Crippen LogP contribution in [0.2, 0.25) is 0 Å². The lowest BCUT2D eigenvalue weighted by atomic mass is 10.1. The average molecular weight is 285 g/mol. The molecule has 1 fully saturated rings. The third kappa shape index (κ3) is 3.96. The summed E-state index contributed by atoms with van der Waals surface area (Å²) in [5, 5.41) is 6.00. The van der Waals surface area contributed by atoms with Crippen molar-refractivity contribution in [2.24, 2.45) is 0 Å². The molecule has 0 aromatic heterocycles. The normalized spacial score (nSPS) is 14.5. The number of rotatable bonds is 8. The fourth-order valence-electron chi connectivity index (χ4n) is 2.49. The Morgan fingerprint density at radius 1 is 1.14 bits per heavy atom. The van der Waals surface area contributed by atoms with Gasteiger partial charge in [0.1, 0.15) is 5.75 Å². The molecule has 0 unspecified atom stereocenters. The van der Waals surface area contributed by atoms with E-state index in [2.05, 4.69) is 41.7 Å². The molecule has 3 heteroatoms. The molecule has 1 saturated carbocycles.